The monoisotopic (exact) mass is 267 g/mol. The molecule has 1 saturated carbocycles. The van der Waals surface area contributed by atoms with Crippen molar-refractivity contribution >= 4 is 0 Å². The number of hydrogen-bond donors (Lipinski definition) is 1. The van der Waals surface area contributed by atoms with Gasteiger partial charge in [0, 0.05) is 25.2 Å². The summed E-state index contributed by atoms with van der Waals surface area (Å²) in [7, 11) is 0. The molecule has 1 atom stereocenters. The molecule has 0 bridgehead atoms. The van der Waals surface area contributed by atoms with Crippen LogP contribution < -0.4 is 5.32 Å². The normalized spacial score (nSPS) is 25.7. The zero-order valence-electron chi connectivity index (χ0n) is 13.0. The number of likely N-dealkylation sites (N-methyl/N-ethyl adjacent to an activating group) is 1. The molecule has 0 spiro atoms. The molecule has 1 aliphatic heterocycles. The molecule has 2 rings (SSSR count). The molecule has 1 N–H and O–H groups in total. The van der Waals surface area contributed by atoms with E-state index in [2.05, 4.69) is 29.0 Å². The van der Waals surface area contributed by atoms with Crippen molar-refractivity contribution in [2.75, 3.05) is 39.3 Å². The van der Waals surface area contributed by atoms with Crippen molar-refractivity contribution in [1.82, 2.24) is 15.1 Å². The molecule has 0 radical (unpaired) electrons. The summed E-state index contributed by atoms with van der Waals surface area (Å²) < 4.78 is 0. The first-order chi connectivity index (χ1) is 9.33. The first-order valence-corrected chi connectivity index (χ1v) is 8.53. The van der Waals surface area contributed by atoms with Crippen LogP contribution in [0.1, 0.15) is 52.4 Å². The van der Waals surface area contributed by atoms with Crippen LogP contribution in [0, 0.1) is 0 Å². The highest BCUT2D eigenvalue weighted by molar-refractivity contribution is 4.84. The molecule has 19 heavy (non-hydrogen) atoms. The Morgan fingerprint density at radius 1 is 1.11 bits per heavy atom. The number of nitrogens with zero attached hydrogens (tertiary/aromatic N) is 2. The molecule has 0 aromatic heterocycles. The summed E-state index contributed by atoms with van der Waals surface area (Å²) in [5.41, 5.74) is 0. The average Bonchev–Trinajstić information content (AvgIpc) is 3.23. The van der Waals surface area contributed by atoms with Gasteiger partial charge in [-0.3, -0.25) is 4.90 Å². The van der Waals surface area contributed by atoms with Gasteiger partial charge in [0.25, 0.3) is 0 Å². The second-order valence-corrected chi connectivity index (χ2v) is 6.28. The van der Waals surface area contributed by atoms with E-state index in [0.717, 1.165) is 12.1 Å². The molecular formula is C16H33N3. The van der Waals surface area contributed by atoms with Crippen LogP contribution in [0.5, 0.6) is 0 Å². The third-order valence-corrected chi connectivity index (χ3v) is 4.66. The molecule has 1 unspecified atom stereocenters. The van der Waals surface area contributed by atoms with Crippen LogP contribution >= 0.6 is 0 Å². The van der Waals surface area contributed by atoms with Crippen LogP contribution in [0.15, 0.2) is 0 Å². The fraction of sp³-hybridized carbons (Fsp3) is 1.00. The number of rotatable bonds is 8. The number of likely N-dealkylation sites (tertiary alicyclic amines) is 1. The van der Waals surface area contributed by atoms with E-state index in [9.17, 15) is 0 Å². The minimum absolute atomic E-state index is 0.764. The van der Waals surface area contributed by atoms with Gasteiger partial charge < -0.3 is 10.2 Å². The Morgan fingerprint density at radius 2 is 1.95 bits per heavy atom. The highest BCUT2D eigenvalue weighted by atomic mass is 15.2. The van der Waals surface area contributed by atoms with E-state index in [1.54, 1.807) is 0 Å². The van der Waals surface area contributed by atoms with Crippen LogP contribution in [0.4, 0.5) is 0 Å². The van der Waals surface area contributed by atoms with Gasteiger partial charge in [-0.15, -0.1) is 0 Å². The quantitative estimate of drug-likeness (QED) is 0.728. The lowest BCUT2D eigenvalue weighted by Gasteiger charge is -2.23. The van der Waals surface area contributed by atoms with Crippen LogP contribution in [-0.2, 0) is 0 Å². The fourth-order valence-corrected chi connectivity index (χ4v) is 3.35. The maximum atomic E-state index is 3.80. The summed E-state index contributed by atoms with van der Waals surface area (Å²) >= 11 is 0. The van der Waals surface area contributed by atoms with Gasteiger partial charge in [0.15, 0.2) is 0 Å². The largest absolute Gasteiger partial charge is 0.313 e. The molecule has 1 heterocycles. The third-order valence-electron chi connectivity index (χ3n) is 4.66. The molecule has 0 aromatic carbocycles. The number of nitrogens with one attached hydrogen (secondary N) is 1. The Bertz CT molecular complexity index is 240. The smallest absolute Gasteiger partial charge is 0.0110 e. The standard InChI is InChI=1S/C16H33N3/c1-3-11-18-12-5-6-15(9-13-18)17-10-14-19(4-2)16-7-8-16/h15-17H,3-14H2,1-2H3. The average molecular weight is 267 g/mol. The Balaban J connectivity index is 1.60. The Labute approximate surface area is 119 Å². The molecule has 2 aliphatic rings. The molecule has 0 aromatic rings. The van der Waals surface area contributed by atoms with Gasteiger partial charge in [0.1, 0.15) is 0 Å². The second-order valence-electron chi connectivity index (χ2n) is 6.28. The van der Waals surface area contributed by atoms with E-state index in [1.165, 1.54) is 77.8 Å². The predicted octanol–water partition coefficient (Wildman–Crippen LogP) is 2.32. The lowest BCUT2D eigenvalue weighted by molar-refractivity contribution is 0.265. The first-order valence-electron chi connectivity index (χ1n) is 8.53. The molecule has 2 fully saturated rings. The van der Waals surface area contributed by atoms with Gasteiger partial charge in [0.05, 0.1) is 0 Å². The fourth-order valence-electron chi connectivity index (χ4n) is 3.35. The topological polar surface area (TPSA) is 18.5 Å². The van der Waals surface area contributed by atoms with Crippen molar-refractivity contribution in [3.63, 3.8) is 0 Å². The van der Waals surface area contributed by atoms with Crippen LogP contribution in [-0.4, -0.2) is 61.2 Å². The lowest BCUT2D eigenvalue weighted by atomic mass is 10.1. The van der Waals surface area contributed by atoms with Gasteiger partial charge in [-0.05, 0) is 64.7 Å². The SMILES string of the molecule is CCCN1CCCC(NCCN(CC)C2CC2)CC1. The summed E-state index contributed by atoms with van der Waals surface area (Å²) in [4.78, 5) is 5.29. The minimum Gasteiger partial charge on any atom is -0.313 e. The molecule has 0 amide bonds. The van der Waals surface area contributed by atoms with Crippen molar-refractivity contribution in [3.05, 3.63) is 0 Å². The maximum Gasteiger partial charge on any atom is 0.0110 e. The van der Waals surface area contributed by atoms with Crippen molar-refractivity contribution in [3.8, 4) is 0 Å². The van der Waals surface area contributed by atoms with Crippen LogP contribution in [0.2, 0.25) is 0 Å². The van der Waals surface area contributed by atoms with E-state index < -0.39 is 0 Å². The second kappa shape index (κ2) is 8.23. The Morgan fingerprint density at radius 3 is 2.63 bits per heavy atom. The summed E-state index contributed by atoms with van der Waals surface area (Å²) in [6.45, 7) is 12.1. The number of hydrogen-bond acceptors (Lipinski definition) is 3. The summed E-state index contributed by atoms with van der Waals surface area (Å²) in [6, 6.07) is 1.68. The molecule has 112 valence electrons. The molecule has 1 saturated heterocycles. The maximum absolute atomic E-state index is 3.80. The zero-order valence-corrected chi connectivity index (χ0v) is 13.0. The van der Waals surface area contributed by atoms with E-state index in [0.29, 0.717) is 0 Å². The van der Waals surface area contributed by atoms with Gasteiger partial charge in [-0.2, -0.15) is 0 Å². The van der Waals surface area contributed by atoms with Crippen molar-refractivity contribution in [2.45, 2.75) is 64.5 Å². The van der Waals surface area contributed by atoms with Gasteiger partial charge >= 0.3 is 0 Å². The van der Waals surface area contributed by atoms with Crippen molar-refractivity contribution < 1.29 is 0 Å². The van der Waals surface area contributed by atoms with E-state index in [4.69, 9.17) is 0 Å². The highest BCUT2D eigenvalue weighted by Gasteiger charge is 2.27. The zero-order chi connectivity index (χ0) is 13.5. The molecular weight excluding hydrogens is 234 g/mol. The minimum atomic E-state index is 0.764. The molecule has 1 aliphatic carbocycles. The van der Waals surface area contributed by atoms with E-state index in [1.807, 2.05) is 0 Å². The predicted molar refractivity (Wildman–Crippen MR) is 82.6 cm³/mol. The van der Waals surface area contributed by atoms with Crippen LogP contribution in [0.3, 0.4) is 0 Å². The lowest BCUT2D eigenvalue weighted by Crippen LogP contribution is -2.38. The van der Waals surface area contributed by atoms with E-state index in [-0.39, 0.29) is 0 Å². The summed E-state index contributed by atoms with van der Waals surface area (Å²) in [5, 5.41) is 3.80. The highest BCUT2D eigenvalue weighted by Crippen LogP contribution is 2.25. The summed E-state index contributed by atoms with van der Waals surface area (Å²) in [5.74, 6) is 0. The van der Waals surface area contributed by atoms with Crippen molar-refractivity contribution in [1.29, 1.82) is 0 Å². The third kappa shape index (κ3) is 5.41. The van der Waals surface area contributed by atoms with Crippen molar-refractivity contribution in [2.24, 2.45) is 0 Å². The summed E-state index contributed by atoms with van der Waals surface area (Å²) in [6.07, 6.45) is 8.25. The Kier molecular flexibility index (Phi) is 6.62. The molecule has 3 heteroatoms. The van der Waals surface area contributed by atoms with Crippen LogP contribution in [0.25, 0.3) is 0 Å². The van der Waals surface area contributed by atoms with E-state index >= 15 is 0 Å². The van der Waals surface area contributed by atoms with Gasteiger partial charge in [-0.1, -0.05) is 13.8 Å². The Hall–Kier alpha value is -0.120. The first kappa shape index (κ1) is 15.3. The van der Waals surface area contributed by atoms with Gasteiger partial charge in [0.2, 0.25) is 0 Å². The van der Waals surface area contributed by atoms with Gasteiger partial charge in [-0.25, -0.2) is 0 Å². The molecule has 3 nitrogen and oxygen atoms in total.